The maximum atomic E-state index is 12.0. The number of nitrogens with two attached hydrogens (primary N) is 1. The molecule has 0 saturated heterocycles. The number of nitrogens with one attached hydrogen (secondary N) is 2. The van der Waals surface area contributed by atoms with Crippen molar-refractivity contribution in [3.8, 4) is 0 Å². The lowest BCUT2D eigenvalue weighted by Crippen LogP contribution is -2.27. The van der Waals surface area contributed by atoms with E-state index in [-0.39, 0.29) is 11.5 Å². The molecule has 0 fully saturated rings. The van der Waals surface area contributed by atoms with Gasteiger partial charge < -0.3 is 16.0 Å². The molecule has 0 saturated carbocycles. The number of para-hydroxylation sites is 1. The van der Waals surface area contributed by atoms with E-state index >= 15 is 0 Å². The van der Waals surface area contributed by atoms with E-state index in [1.807, 2.05) is 18.2 Å². The maximum absolute atomic E-state index is 12.0. The lowest BCUT2D eigenvalue weighted by Gasteiger charge is -2.07. The van der Waals surface area contributed by atoms with Gasteiger partial charge in [0, 0.05) is 23.5 Å². The van der Waals surface area contributed by atoms with E-state index < -0.39 is 0 Å². The summed E-state index contributed by atoms with van der Waals surface area (Å²) in [5, 5.41) is 3.49. The van der Waals surface area contributed by atoms with Crippen LogP contribution in [0.2, 0.25) is 0 Å². The Hall–Kier alpha value is -2.14. The van der Waals surface area contributed by atoms with Crippen LogP contribution in [-0.4, -0.2) is 24.0 Å². The second kappa shape index (κ2) is 5.46. The molecular formula is C13H15N3O2. The third-order valence-corrected chi connectivity index (χ3v) is 2.66. The number of fused-ring (bicyclic) bond motifs is 1. The minimum absolute atomic E-state index is 0.245. The van der Waals surface area contributed by atoms with Gasteiger partial charge >= 0.3 is 0 Å². The first-order chi connectivity index (χ1) is 8.72. The molecule has 5 heteroatoms. The maximum Gasteiger partial charge on any atom is 0.252 e. The summed E-state index contributed by atoms with van der Waals surface area (Å²) in [6, 6.07) is 8.54. The van der Waals surface area contributed by atoms with Crippen LogP contribution >= 0.6 is 0 Å². The van der Waals surface area contributed by atoms with Crippen LogP contribution in [0.1, 0.15) is 16.8 Å². The molecule has 4 N–H and O–H groups in total. The molecule has 5 nitrogen and oxygen atoms in total. The molecule has 2 aromatic rings. The number of amides is 1. The zero-order valence-corrected chi connectivity index (χ0v) is 9.90. The molecule has 0 bridgehead atoms. The molecule has 0 radical (unpaired) electrons. The molecule has 0 aliphatic heterocycles. The highest BCUT2D eigenvalue weighted by molar-refractivity contribution is 6.05. The van der Waals surface area contributed by atoms with Gasteiger partial charge in [0.2, 0.25) is 5.56 Å². The lowest BCUT2D eigenvalue weighted by molar-refractivity contribution is 0.0955. The molecular weight excluding hydrogens is 230 g/mol. The standard InChI is InChI=1S/C13H15N3O2/c14-6-3-7-15-13(18)10-8-12(17)16-11-5-2-1-4-9(10)11/h1-2,4-5,8H,3,6-7,14H2,(H,15,18)(H,16,17). The van der Waals surface area contributed by atoms with Crippen LogP contribution in [0, 0.1) is 0 Å². The highest BCUT2D eigenvalue weighted by Gasteiger charge is 2.10. The molecule has 1 heterocycles. The first kappa shape index (κ1) is 12.3. The number of benzene rings is 1. The molecule has 2 rings (SSSR count). The highest BCUT2D eigenvalue weighted by atomic mass is 16.2. The van der Waals surface area contributed by atoms with Crippen LogP contribution in [0.25, 0.3) is 10.9 Å². The zero-order valence-electron chi connectivity index (χ0n) is 9.90. The van der Waals surface area contributed by atoms with Crippen molar-refractivity contribution in [3.63, 3.8) is 0 Å². The summed E-state index contributed by atoms with van der Waals surface area (Å²) in [5.41, 5.74) is 6.14. The average molecular weight is 245 g/mol. The minimum Gasteiger partial charge on any atom is -0.352 e. The average Bonchev–Trinajstić information content (AvgIpc) is 2.38. The summed E-state index contributed by atoms with van der Waals surface area (Å²) < 4.78 is 0. The SMILES string of the molecule is NCCCNC(=O)c1cc(=O)[nH]c2ccccc12. The number of pyridine rings is 1. The predicted octanol–water partition coefficient (Wildman–Crippen LogP) is 0.607. The van der Waals surface area contributed by atoms with Crippen LogP contribution in [0.5, 0.6) is 0 Å². The monoisotopic (exact) mass is 245 g/mol. The van der Waals surface area contributed by atoms with E-state index in [1.165, 1.54) is 6.07 Å². The van der Waals surface area contributed by atoms with Gasteiger partial charge in [-0.15, -0.1) is 0 Å². The summed E-state index contributed by atoms with van der Waals surface area (Å²) in [7, 11) is 0. The van der Waals surface area contributed by atoms with Gasteiger partial charge in [0.15, 0.2) is 0 Å². The van der Waals surface area contributed by atoms with Gasteiger partial charge in [0.1, 0.15) is 0 Å². The summed E-state index contributed by atoms with van der Waals surface area (Å²) in [5.74, 6) is -0.245. The summed E-state index contributed by atoms with van der Waals surface area (Å²) in [4.78, 5) is 26.2. The van der Waals surface area contributed by atoms with Gasteiger partial charge in [0.05, 0.1) is 5.56 Å². The molecule has 94 valence electrons. The molecule has 0 atom stereocenters. The summed E-state index contributed by atoms with van der Waals surface area (Å²) in [6.07, 6.45) is 0.715. The van der Waals surface area contributed by atoms with Gasteiger partial charge in [-0.25, -0.2) is 0 Å². The lowest BCUT2D eigenvalue weighted by atomic mass is 10.1. The number of hydrogen-bond acceptors (Lipinski definition) is 3. The van der Waals surface area contributed by atoms with Crippen molar-refractivity contribution in [1.82, 2.24) is 10.3 Å². The zero-order chi connectivity index (χ0) is 13.0. The van der Waals surface area contributed by atoms with Gasteiger partial charge in [-0.2, -0.15) is 0 Å². The van der Waals surface area contributed by atoms with Gasteiger partial charge in [-0.05, 0) is 19.0 Å². The Morgan fingerprint density at radius 1 is 1.33 bits per heavy atom. The van der Waals surface area contributed by atoms with Crippen molar-refractivity contribution in [2.45, 2.75) is 6.42 Å². The fourth-order valence-corrected chi connectivity index (χ4v) is 1.79. The number of carbonyl (C=O) groups excluding carboxylic acids is 1. The first-order valence-corrected chi connectivity index (χ1v) is 5.82. The van der Waals surface area contributed by atoms with Crippen molar-refractivity contribution in [2.75, 3.05) is 13.1 Å². The van der Waals surface area contributed by atoms with Crippen molar-refractivity contribution >= 4 is 16.8 Å². The van der Waals surface area contributed by atoms with E-state index in [4.69, 9.17) is 5.73 Å². The third-order valence-electron chi connectivity index (χ3n) is 2.66. The Kier molecular flexibility index (Phi) is 3.74. The number of rotatable bonds is 4. The largest absolute Gasteiger partial charge is 0.352 e. The molecule has 0 spiro atoms. The van der Waals surface area contributed by atoms with Crippen molar-refractivity contribution in [3.05, 3.63) is 46.2 Å². The fraction of sp³-hybridized carbons (Fsp3) is 0.231. The molecule has 18 heavy (non-hydrogen) atoms. The van der Waals surface area contributed by atoms with E-state index in [2.05, 4.69) is 10.3 Å². The number of carbonyl (C=O) groups is 1. The number of H-pyrrole nitrogens is 1. The molecule has 0 aliphatic rings. The normalized spacial score (nSPS) is 10.5. The molecule has 1 aromatic carbocycles. The van der Waals surface area contributed by atoms with E-state index in [0.29, 0.717) is 30.6 Å². The second-order valence-corrected chi connectivity index (χ2v) is 3.99. The van der Waals surface area contributed by atoms with E-state index in [9.17, 15) is 9.59 Å². The molecule has 1 amide bonds. The van der Waals surface area contributed by atoms with Crippen molar-refractivity contribution < 1.29 is 4.79 Å². The Labute approximate surface area is 104 Å². The highest BCUT2D eigenvalue weighted by Crippen LogP contribution is 2.14. The molecule has 0 unspecified atom stereocenters. The van der Waals surface area contributed by atoms with E-state index in [0.717, 1.165) is 5.39 Å². The first-order valence-electron chi connectivity index (χ1n) is 5.82. The van der Waals surface area contributed by atoms with Gasteiger partial charge in [-0.1, -0.05) is 18.2 Å². The Morgan fingerprint density at radius 2 is 2.11 bits per heavy atom. The van der Waals surface area contributed by atoms with Crippen LogP contribution < -0.4 is 16.6 Å². The fourth-order valence-electron chi connectivity index (χ4n) is 1.79. The Bertz CT molecular complexity index is 619. The summed E-state index contributed by atoms with van der Waals surface area (Å²) >= 11 is 0. The second-order valence-electron chi connectivity index (χ2n) is 3.99. The number of aromatic amines is 1. The van der Waals surface area contributed by atoms with Crippen molar-refractivity contribution in [2.24, 2.45) is 5.73 Å². The number of aromatic nitrogens is 1. The predicted molar refractivity (Wildman–Crippen MR) is 70.6 cm³/mol. The third kappa shape index (κ3) is 2.57. The Morgan fingerprint density at radius 3 is 2.89 bits per heavy atom. The quantitative estimate of drug-likeness (QED) is 0.689. The van der Waals surface area contributed by atoms with Gasteiger partial charge in [-0.3, -0.25) is 9.59 Å². The topological polar surface area (TPSA) is 88.0 Å². The molecule has 1 aromatic heterocycles. The minimum atomic E-state index is -0.280. The van der Waals surface area contributed by atoms with Crippen LogP contribution in [0.3, 0.4) is 0 Å². The van der Waals surface area contributed by atoms with Gasteiger partial charge in [0.25, 0.3) is 5.91 Å². The van der Waals surface area contributed by atoms with E-state index in [1.54, 1.807) is 6.07 Å². The van der Waals surface area contributed by atoms with Crippen molar-refractivity contribution in [1.29, 1.82) is 0 Å². The molecule has 0 aliphatic carbocycles. The smallest absolute Gasteiger partial charge is 0.252 e. The summed E-state index contributed by atoms with van der Waals surface area (Å²) in [6.45, 7) is 1.03. The Balaban J connectivity index is 2.37. The van der Waals surface area contributed by atoms with Crippen LogP contribution in [0.15, 0.2) is 35.1 Å². The van der Waals surface area contributed by atoms with Crippen LogP contribution in [-0.2, 0) is 0 Å². The number of hydrogen-bond donors (Lipinski definition) is 3. The van der Waals surface area contributed by atoms with Crippen LogP contribution in [0.4, 0.5) is 0 Å².